The van der Waals surface area contributed by atoms with Crippen molar-refractivity contribution >= 4 is 40.0 Å². The maximum atomic E-state index is 14.2. The lowest BCUT2D eigenvalue weighted by Crippen LogP contribution is -2.45. The Morgan fingerprint density at radius 3 is 2.53 bits per heavy atom. The van der Waals surface area contributed by atoms with Gasteiger partial charge in [-0.25, -0.2) is 23.5 Å². The quantitative estimate of drug-likeness (QED) is 0.0962. The van der Waals surface area contributed by atoms with Gasteiger partial charge < -0.3 is 24.9 Å². The first-order valence-corrected chi connectivity index (χ1v) is 23.0. The summed E-state index contributed by atoms with van der Waals surface area (Å²) in [7, 11) is 3.99. The van der Waals surface area contributed by atoms with Gasteiger partial charge in [-0.15, -0.1) is 0 Å². The fraction of sp³-hybridized carbons (Fsp3) is 0.553. The summed E-state index contributed by atoms with van der Waals surface area (Å²) in [6.07, 6.45) is 12.1. The van der Waals surface area contributed by atoms with E-state index in [1.807, 2.05) is 18.2 Å². The molecule has 9 rings (SSSR count). The minimum absolute atomic E-state index is 0.0225. The number of rotatable bonds is 16. The third-order valence-electron chi connectivity index (χ3n) is 14.0. The predicted molar refractivity (Wildman–Crippen MR) is 238 cm³/mol. The van der Waals surface area contributed by atoms with E-state index in [1.54, 1.807) is 33.1 Å². The van der Waals surface area contributed by atoms with Gasteiger partial charge in [0.15, 0.2) is 17.2 Å². The first kappa shape index (κ1) is 43.7. The number of anilines is 2. The molecular formula is C47H58F2N10O5. The lowest BCUT2D eigenvalue weighted by Gasteiger charge is -2.39. The number of nitrogens with zero attached hydrogens (tertiary/aromatic N) is 8. The topological polar surface area (TPSA) is 165 Å². The number of Topliss-reactive ketones (excluding diaryl/α,β-unsaturated/α-hetero) is 2. The number of carbonyl (C=O) groups excluding carboxylic acids is 3. The van der Waals surface area contributed by atoms with Crippen LogP contribution in [0.15, 0.2) is 58.2 Å². The molecule has 1 atom stereocenters. The summed E-state index contributed by atoms with van der Waals surface area (Å²) >= 11 is 0. The van der Waals surface area contributed by atoms with Crippen molar-refractivity contribution in [3.63, 3.8) is 0 Å². The van der Waals surface area contributed by atoms with Gasteiger partial charge in [0, 0.05) is 50.6 Å². The van der Waals surface area contributed by atoms with Crippen LogP contribution in [0.25, 0.3) is 22.5 Å². The highest BCUT2D eigenvalue weighted by Gasteiger charge is 2.33. The molecule has 1 unspecified atom stereocenters. The van der Waals surface area contributed by atoms with E-state index in [0.29, 0.717) is 42.1 Å². The number of carbonyl (C=O) groups is 3. The molecule has 0 bridgehead atoms. The zero-order chi connectivity index (χ0) is 44.5. The molecule has 1 saturated heterocycles. The Balaban J connectivity index is 0.725. The van der Waals surface area contributed by atoms with E-state index in [0.717, 1.165) is 101 Å². The molecule has 2 N–H and O–H groups in total. The van der Waals surface area contributed by atoms with Crippen LogP contribution in [0.5, 0.6) is 0 Å². The number of fused-ring (bicyclic) bond motifs is 1. The molecule has 15 nitrogen and oxygen atoms in total. The number of hydrogen-bond acceptors (Lipinski definition) is 11. The van der Waals surface area contributed by atoms with E-state index in [9.17, 15) is 28.0 Å². The number of imidazole rings is 1. The monoisotopic (exact) mass is 880 g/mol. The van der Waals surface area contributed by atoms with Gasteiger partial charge in [0.1, 0.15) is 17.9 Å². The largest absolute Gasteiger partial charge is 0.444 e. The molecule has 64 heavy (non-hydrogen) atoms. The highest BCUT2D eigenvalue weighted by molar-refractivity contribution is 6.04. The van der Waals surface area contributed by atoms with Gasteiger partial charge in [-0.1, -0.05) is 12.1 Å². The van der Waals surface area contributed by atoms with Crippen molar-refractivity contribution in [2.24, 2.45) is 18.9 Å². The second kappa shape index (κ2) is 18.9. The average molecular weight is 881 g/mol. The summed E-state index contributed by atoms with van der Waals surface area (Å²) in [5, 5.41) is 10.2. The van der Waals surface area contributed by atoms with Crippen LogP contribution in [-0.2, 0) is 23.1 Å². The van der Waals surface area contributed by atoms with Crippen molar-refractivity contribution in [2.45, 2.75) is 108 Å². The molecule has 3 saturated carbocycles. The molecule has 3 aliphatic carbocycles. The summed E-state index contributed by atoms with van der Waals surface area (Å²) in [5.74, 6) is 1.22. The van der Waals surface area contributed by atoms with E-state index in [-0.39, 0.29) is 47.0 Å². The molecule has 0 radical (unpaired) electrons. The summed E-state index contributed by atoms with van der Waals surface area (Å²) in [4.78, 5) is 64.9. The lowest BCUT2D eigenvalue weighted by molar-refractivity contribution is -0.132. The number of pyridine rings is 1. The Hall–Kier alpha value is -5.55. The van der Waals surface area contributed by atoms with Gasteiger partial charge in [0.2, 0.25) is 5.89 Å². The van der Waals surface area contributed by atoms with Crippen molar-refractivity contribution in [2.75, 3.05) is 50.4 Å². The average Bonchev–Trinajstić information content (AvgIpc) is 3.70. The van der Waals surface area contributed by atoms with Crippen molar-refractivity contribution in [1.82, 2.24) is 38.7 Å². The number of benzene rings is 1. The lowest BCUT2D eigenvalue weighted by atomic mass is 9.85. The fourth-order valence-corrected chi connectivity index (χ4v) is 10.2. The number of likely N-dealkylation sites (tertiary alicyclic amines) is 1. The molecule has 4 aliphatic rings. The van der Waals surface area contributed by atoms with Crippen molar-refractivity contribution in [3.05, 3.63) is 76.4 Å². The zero-order valence-electron chi connectivity index (χ0n) is 36.7. The first-order chi connectivity index (χ1) is 31.0. The second-order valence-corrected chi connectivity index (χ2v) is 18.5. The molecule has 1 aromatic carbocycles. The van der Waals surface area contributed by atoms with E-state index in [2.05, 4.69) is 48.6 Å². The number of oxazole rings is 1. The van der Waals surface area contributed by atoms with Crippen molar-refractivity contribution < 1.29 is 27.6 Å². The Labute approximate surface area is 370 Å². The summed E-state index contributed by atoms with van der Waals surface area (Å²) in [5.41, 5.74) is 2.66. The number of piperidine rings is 1. The highest BCUT2D eigenvalue weighted by Crippen LogP contribution is 2.36. The van der Waals surface area contributed by atoms with Crippen molar-refractivity contribution in [1.29, 1.82) is 0 Å². The van der Waals surface area contributed by atoms with Crippen LogP contribution in [0, 0.1) is 11.8 Å². The summed E-state index contributed by atoms with van der Waals surface area (Å²) in [6.45, 7) is 4.85. The van der Waals surface area contributed by atoms with Crippen LogP contribution in [0.3, 0.4) is 0 Å². The fourth-order valence-electron chi connectivity index (χ4n) is 10.2. The number of aromatic nitrogens is 6. The number of halogens is 2. The molecule has 4 aromatic heterocycles. The number of hydrogen-bond donors (Lipinski definition) is 2. The number of aryl methyl sites for hydroxylation is 2. The number of amides is 1. The predicted octanol–water partition coefficient (Wildman–Crippen LogP) is 7.22. The maximum absolute atomic E-state index is 14.2. The van der Waals surface area contributed by atoms with E-state index < -0.39 is 24.1 Å². The highest BCUT2D eigenvalue weighted by atomic mass is 19.3. The number of alkyl halides is 2. The van der Waals surface area contributed by atoms with E-state index in [1.165, 1.54) is 25.3 Å². The third kappa shape index (κ3) is 9.60. The van der Waals surface area contributed by atoms with Crippen molar-refractivity contribution in [3.8, 4) is 11.5 Å². The van der Waals surface area contributed by atoms with E-state index >= 15 is 0 Å². The Kier molecular flexibility index (Phi) is 12.9. The van der Waals surface area contributed by atoms with Gasteiger partial charge in [-0.2, -0.15) is 5.10 Å². The number of ketones is 2. The van der Waals surface area contributed by atoms with Gasteiger partial charge >= 0.3 is 5.69 Å². The first-order valence-electron chi connectivity index (χ1n) is 23.0. The van der Waals surface area contributed by atoms with Gasteiger partial charge in [0.25, 0.3) is 12.3 Å². The standard InChI is InChI=1S/C47H58F2N10O5/c1-55(33-17-21-57(22-18-33)20-4-6-31-5-3-7-39-43(31)56(2)47(63)59(39)38-15-14-35(60)24-40(38)61)26-30-10-12-34(13-11-30)58-27-36(42(54-58)44(48)49)52-45(62)37-28-64-46(53-37)32-16-19-50-41(23-32)51-25-29-8-9-29/h3,5,7,16,19,23,27-30,33-34,38,44H,4,6,8-15,17-18,20-22,24-26H2,1-2H3,(H,50,51)(H,52,62). The minimum atomic E-state index is -2.86. The normalized spacial score (nSPS) is 21.4. The minimum Gasteiger partial charge on any atom is -0.444 e. The van der Waals surface area contributed by atoms with Gasteiger partial charge in [-0.3, -0.25) is 28.2 Å². The molecule has 1 aliphatic heterocycles. The SMILES string of the molecule is CN(CC1CCC(n2cc(NC(=O)c3coc(-c4ccnc(NCC5CC5)c4)n3)c(C(F)F)n2)CC1)C1CCN(CCCc2cccc3c2n(C)c(=O)n3C2CCC(=O)CC2=O)CC1. The van der Waals surface area contributed by atoms with Gasteiger partial charge in [0.05, 0.1) is 35.2 Å². The summed E-state index contributed by atoms with van der Waals surface area (Å²) in [6, 6.07) is 9.36. The Bertz CT molecular complexity index is 2540. The maximum Gasteiger partial charge on any atom is 0.329 e. The van der Waals surface area contributed by atoms with Crippen LogP contribution in [0.1, 0.15) is 117 Å². The summed E-state index contributed by atoms with van der Waals surface area (Å²) < 4.78 is 38.9. The second-order valence-electron chi connectivity index (χ2n) is 18.5. The smallest absolute Gasteiger partial charge is 0.329 e. The Morgan fingerprint density at radius 2 is 1.78 bits per heavy atom. The van der Waals surface area contributed by atoms with Crippen LogP contribution in [0.2, 0.25) is 0 Å². The molecule has 1 amide bonds. The number of para-hydroxylation sites is 1. The zero-order valence-corrected chi connectivity index (χ0v) is 36.7. The molecule has 0 spiro atoms. The molecular weight excluding hydrogens is 823 g/mol. The molecule has 5 heterocycles. The van der Waals surface area contributed by atoms with Crippen LogP contribution in [0.4, 0.5) is 20.3 Å². The third-order valence-corrected chi connectivity index (χ3v) is 14.0. The van der Waals surface area contributed by atoms with Crippen LogP contribution in [-0.4, -0.2) is 102 Å². The molecule has 17 heteroatoms. The molecule has 4 fully saturated rings. The Morgan fingerprint density at radius 1 is 1.00 bits per heavy atom. The van der Waals surface area contributed by atoms with Crippen LogP contribution < -0.4 is 16.3 Å². The molecule has 340 valence electrons. The van der Waals surface area contributed by atoms with Gasteiger partial charge in [-0.05, 0) is 133 Å². The van der Waals surface area contributed by atoms with E-state index in [4.69, 9.17) is 4.42 Å². The van der Waals surface area contributed by atoms with Crippen LogP contribution >= 0.6 is 0 Å². The molecule has 5 aromatic rings. The number of nitrogens with one attached hydrogen (secondary N) is 2.